The average molecular weight is 811 g/mol. The third kappa shape index (κ3) is 12.4. The number of para-hydroxylation sites is 2. The second-order valence-electron chi connectivity index (χ2n) is 13.9. The predicted molar refractivity (Wildman–Crippen MR) is 214 cm³/mol. The second kappa shape index (κ2) is 21.6. The van der Waals surface area contributed by atoms with Crippen LogP contribution in [0.4, 0.5) is 24.3 Å². The van der Waals surface area contributed by atoms with Crippen LogP contribution in [0.5, 0.6) is 0 Å². The summed E-state index contributed by atoms with van der Waals surface area (Å²) in [6.07, 6.45) is 6.66. The van der Waals surface area contributed by atoms with Crippen LogP contribution in [0.1, 0.15) is 85.3 Å². The zero-order chi connectivity index (χ0) is 39.6. The number of carbonyl (C=O) groups is 2. The second-order valence-corrected chi connectivity index (χ2v) is 14.3. The van der Waals surface area contributed by atoms with Crippen molar-refractivity contribution in [3.05, 3.63) is 135 Å². The van der Waals surface area contributed by atoms with Gasteiger partial charge in [-0.1, -0.05) is 60.1 Å². The molecule has 0 saturated carbocycles. The van der Waals surface area contributed by atoms with E-state index in [9.17, 15) is 32.7 Å². The Morgan fingerprint density at radius 3 is 1.59 bits per heavy atom. The summed E-state index contributed by atoms with van der Waals surface area (Å²) in [5, 5.41) is 19.3. The molecule has 0 unspecified atom stereocenters. The molecule has 4 aliphatic heterocycles. The van der Waals surface area contributed by atoms with Crippen molar-refractivity contribution < 1.29 is 84.1 Å². The number of carboxylic acid groups (broad SMARTS) is 2. The molecule has 4 heterocycles. The SMILES string of the molecule is Cc1cc(CN2CCCC2)ccc1C1=Nc2c(cccc2C(=O)O)C1.Cc1cc(Cl)ccc1C1=Nc2c(cccc2C(=O)O)C1.FB(F)F.[CH2-]N1CCCC1.[K+]. The number of hydrogen-bond donors (Lipinski definition) is 2. The summed E-state index contributed by atoms with van der Waals surface area (Å²) < 4.78 is 29.0. The van der Waals surface area contributed by atoms with E-state index in [1.807, 2.05) is 37.3 Å². The van der Waals surface area contributed by atoms with Gasteiger partial charge in [0, 0.05) is 24.4 Å². The topological polar surface area (TPSA) is 106 Å². The van der Waals surface area contributed by atoms with Gasteiger partial charge in [0.2, 0.25) is 0 Å². The Bertz CT molecular complexity index is 2090. The zero-order valence-electron chi connectivity index (χ0n) is 32.0. The first kappa shape index (κ1) is 45.6. The summed E-state index contributed by atoms with van der Waals surface area (Å²) in [7, 11) is 0.104. The Morgan fingerprint density at radius 2 is 1.18 bits per heavy atom. The zero-order valence-corrected chi connectivity index (χ0v) is 35.9. The molecule has 8 rings (SSSR count). The maximum Gasteiger partial charge on any atom is 1.00 e. The minimum absolute atomic E-state index is 0. The van der Waals surface area contributed by atoms with Crippen molar-refractivity contribution in [2.24, 2.45) is 9.98 Å². The Balaban J connectivity index is 0.000000200. The van der Waals surface area contributed by atoms with Gasteiger partial charge in [-0.05, 0) is 129 Å². The molecule has 56 heavy (non-hydrogen) atoms. The number of hydrogen-bond acceptors (Lipinski definition) is 6. The van der Waals surface area contributed by atoms with Crippen LogP contribution in [-0.2, 0) is 19.4 Å². The van der Waals surface area contributed by atoms with Crippen LogP contribution in [0.25, 0.3) is 0 Å². The quantitative estimate of drug-likeness (QED) is 0.165. The standard InChI is InChI=1S/C21H22N2O2.C16H12ClNO2.C5H10N.BF3.K/c1-14-11-15(13-23-9-2-3-10-23)7-8-17(14)19-12-16-5-4-6-18(21(24)25)20(16)22-19;1-9-7-11(17)5-6-12(9)14-8-10-3-2-4-13(16(19)20)15(10)18-14;1-6-4-2-3-5-6;2-1(3)4;/h4-8,11H,2-3,9-10,12-13H2,1H3,(H,24,25);2-7H,8H2,1H3,(H,19,20);1-5H2;;/q;;-1;;+1. The normalized spacial score (nSPS) is 15.3. The maximum atomic E-state index is 11.4. The van der Waals surface area contributed by atoms with E-state index in [1.54, 1.807) is 24.3 Å². The van der Waals surface area contributed by atoms with Gasteiger partial charge in [0.05, 0.1) is 33.9 Å². The molecule has 4 aromatic rings. The minimum Gasteiger partial charge on any atom is -0.478 e. The summed E-state index contributed by atoms with van der Waals surface area (Å²) in [6, 6.07) is 22.9. The summed E-state index contributed by atoms with van der Waals surface area (Å²) in [5.74, 6) is -1.86. The van der Waals surface area contributed by atoms with E-state index in [1.165, 1.54) is 63.0 Å². The number of halogens is 4. The van der Waals surface area contributed by atoms with Crippen molar-refractivity contribution in [3.8, 4) is 0 Å². The van der Waals surface area contributed by atoms with Crippen LogP contribution < -0.4 is 51.4 Å². The van der Waals surface area contributed by atoms with Gasteiger partial charge in [-0.25, -0.2) is 9.59 Å². The van der Waals surface area contributed by atoms with Crippen molar-refractivity contribution in [2.45, 2.75) is 58.9 Å². The van der Waals surface area contributed by atoms with Crippen molar-refractivity contribution >= 4 is 53.9 Å². The molecule has 288 valence electrons. The molecule has 14 heteroatoms. The maximum absolute atomic E-state index is 11.4. The van der Waals surface area contributed by atoms with Gasteiger partial charge in [-0.15, -0.1) is 0 Å². The van der Waals surface area contributed by atoms with Gasteiger partial charge in [0.1, 0.15) is 0 Å². The van der Waals surface area contributed by atoms with Crippen LogP contribution in [0, 0.1) is 20.9 Å². The number of aliphatic imine (C=N–C) groups is 2. The molecule has 0 atom stereocenters. The Labute approximate surface area is 374 Å². The Hall–Kier alpha value is -3.14. The monoisotopic (exact) mass is 810 g/mol. The average Bonchev–Trinajstić information content (AvgIpc) is 3.96. The summed E-state index contributed by atoms with van der Waals surface area (Å²) in [4.78, 5) is 36.4. The molecule has 2 fully saturated rings. The van der Waals surface area contributed by atoms with E-state index in [4.69, 9.17) is 11.6 Å². The molecule has 0 aliphatic carbocycles. The van der Waals surface area contributed by atoms with Crippen LogP contribution in [0.2, 0.25) is 5.02 Å². The number of fused-ring (bicyclic) bond motifs is 2. The summed E-state index contributed by atoms with van der Waals surface area (Å²) >= 11 is 5.96. The van der Waals surface area contributed by atoms with Gasteiger partial charge in [0.15, 0.2) is 0 Å². The van der Waals surface area contributed by atoms with Crippen molar-refractivity contribution in [2.75, 3.05) is 26.2 Å². The third-order valence-corrected chi connectivity index (χ3v) is 10.0. The third-order valence-electron chi connectivity index (χ3n) is 9.81. The number of aromatic carboxylic acids is 2. The van der Waals surface area contributed by atoms with Gasteiger partial charge >= 0.3 is 70.9 Å². The smallest absolute Gasteiger partial charge is 0.478 e. The molecule has 2 saturated heterocycles. The molecule has 0 spiro atoms. The van der Waals surface area contributed by atoms with E-state index in [-0.39, 0.29) is 62.5 Å². The molecule has 0 radical (unpaired) electrons. The minimum atomic E-state index is -3.67. The first-order chi connectivity index (χ1) is 26.3. The van der Waals surface area contributed by atoms with Crippen LogP contribution in [-0.4, -0.2) is 77.1 Å². The fourth-order valence-electron chi connectivity index (χ4n) is 7.18. The van der Waals surface area contributed by atoms with Gasteiger partial charge in [-0.3, -0.25) is 34.9 Å². The van der Waals surface area contributed by atoms with Crippen molar-refractivity contribution in [1.82, 2.24) is 9.80 Å². The van der Waals surface area contributed by atoms with E-state index in [2.05, 4.69) is 52.0 Å². The fourth-order valence-corrected chi connectivity index (χ4v) is 7.40. The summed E-state index contributed by atoms with van der Waals surface area (Å²) in [5.41, 5.74) is 11.3. The van der Waals surface area contributed by atoms with Gasteiger partial charge < -0.3 is 15.1 Å². The van der Waals surface area contributed by atoms with E-state index < -0.39 is 19.5 Å². The Morgan fingerprint density at radius 1 is 0.732 bits per heavy atom. The molecular weight excluding hydrogens is 767 g/mol. The van der Waals surface area contributed by atoms with Crippen molar-refractivity contribution in [1.29, 1.82) is 0 Å². The number of benzene rings is 4. The van der Waals surface area contributed by atoms with E-state index in [0.29, 0.717) is 29.2 Å². The van der Waals surface area contributed by atoms with Crippen LogP contribution in [0.15, 0.2) is 82.8 Å². The molecule has 2 N–H and O–H groups in total. The molecule has 4 aliphatic rings. The largest absolute Gasteiger partial charge is 1.00 e. The summed E-state index contributed by atoms with van der Waals surface area (Å²) in [6.45, 7) is 9.91. The van der Waals surface area contributed by atoms with Crippen LogP contribution >= 0.6 is 11.6 Å². The fraction of sp³-hybridized carbons (Fsp3) is 0.310. The van der Waals surface area contributed by atoms with Crippen LogP contribution in [0.3, 0.4) is 0 Å². The number of nitrogens with zero attached hydrogens (tertiary/aromatic N) is 4. The van der Waals surface area contributed by atoms with Gasteiger partial charge in [-0.2, -0.15) is 0 Å². The molecule has 4 aromatic carbocycles. The first-order valence-corrected chi connectivity index (χ1v) is 18.6. The molecular formula is C42H44BClF3KN4O4. The van der Waals surface area contributed by atoms with E-state index >= 15 is 0 Å². The molecule has 0 amide bonds. The molecule has 0 aromatic heterocycles. The number of rotatable bonds is 6. The molecule has 0 bridgehead atoms. The first-order valence-electron chi connectivity index (χ1n) is 18.2. The number of aryl methyl sites for hydroxylation is 2. The predicted octanol–water partition coefficient (Wildman–Crippen LogP) is 6.75. The Kier molecular flexibility index (Phi) is 17.6. The molecule has 8 nitrogen and oxygen atoms in total. The van der Waals surface area contributed by atoms with E-state index in [0.717, 1.165) is 45.8 Å². The van der Waals surface area contributed by atoms with Crippen molar-refractivity contribution in [3.63, 3.8) is 0 Å². The number of carboxylic acids is 2. The number of likely N-dealkylation sites (tertiary alicyclic amines) is 2. The van der Waals surface area contributed by atoms with Gasteiger partial charge in [0.25, 0.3) is 0 Å².